The van der Waals surface area contributed by atoms with E-state index >= 15 is 0 Å². The molecule has 0 aliphatic rings. The SMILES string of the molecule is CCCCC[C@@H](N)CCO. The van der Waals surface area contributed by atoms with Crippen LogP contribution in [0.15, 0.2) is 0 Å². The molecule has 0 heterocycles. The Labute approximate surface area is 63.4 Å². The molecule has 0 unspecified atom stereocenters. The van der Waals surface area contributed by atoms with E-state index in [0.717, 1.165) is 12.8 Å². The lowest BCUT2D eigenvalue weighted by molar-refractivity contribution is 0.272. The van der Waals surface area contributed by atoms with Crippen LogP contribution in [0.1, 0.15) is 39.0 Å². The number of hydrogen-bond donors (Lipinski definition) is 2. The number of unbranched alkanes of at least 4 members (excludes halogenated alkanes) is 2. The molecule has 0 bridgehead atoms. The third kappa shape index (κ3) is 6.05. The molecule has 3 N–H and O–H groups in total. The minimum atomic E-state index is 0.219. The van der Waals surface area contributed by atoms with Crippen LogP contribution >= 0.6 is 0 Å². The van der Waals surface area contributed by atoms with E-state index in [1.54, 1.807) is 0 Å². The summed E-state index contributed by atoms with van der Waals surface area (Å²) in [4.78, 5) is 0. The van der Waals surface area contributed by atoms with Gasteiger partial charge in [0.05, 0.1) is 0 Å². The molecule has 0 aromatic heterocycles. The standard InChI is InChI=1S/C8H19NO/c1-2-3-4-5-8(9)6-7-10/h8,10H,2-7,9H2,1H3/t8-/m1/s1. The van der Waals surface area contributed by atoms with E-state index < -0.39 is 0 Å². The lowest BCUT2D eigenvalue weighted by atomic mass is 10.1. The first-order valence-electron chi connectivity index (χ1n) is 4.17. The van der Waals surface area contributed by atoms with Crippen molar-refractivity contribution in [3.63, 3.8) is 0 Å². The van der Waals surface area contributed by atoms with Crippen molar-refractivity contribution in [3.8, 4) is 0 Å². The van der Waals surface area contributed by atoms with Gasteiger partial charge in [0, 0.05) is 12.6 Å². The van der Waals surface area contributed by atoms with Gasteiger partial charge in [0.15, 0.2) is 0 Å². The van der Waals surface area contributed by atoms with Crippen LogP contribution in [0.2, 0.25) is 0 Å². The summed E-state index contributed by atoms with van der Waals surface area (Å²) in [7, 11) is 0. The van der Waals surface area contributed by atoms with Gasteiger partial charge in [-0.05, 0) is 12.8 Å². The lowest BCUT2D eigenvalue weighted by Gasteiger charge is -2.07. The van der Waals surface area contributed by atoms with Gasteiger partial charge in [-0.3, -0.25) is 0 Å². The van der Waals surface area contributed by atoms with E-state index in [1.807, 2.05) is 0 Å². The van der Waals surface area contributed by atoms with E-state index in [9.17, 15) is 0 Å². The first-order valence-corrected chi connectivity index (χ1v) is 4.17. The van der Waals surface area contributed by atoms with Crippen molar-refractivity contribution in [2.45, 2.75) is 45.1 Å². The molecule has 0 spiro atoms. The fourth-order valence-corrected chi connectivity index (χ4v) is 0.967. The Kier molecular flexibility index (Phi) is 6.98. The van der Waals surface area contributed by atoms with Crippen LogP contribution in [0.5, 0.6) is 0 Å². The lowest BCUT2D eigenvalue weighted by Crippen LogP contribution is -2.20. The van der Waals surface area contributed by atoms with E-state index in [1.165, 1.54) is 19.3 Å². The van der Waals surface area contributed by atoms with Crippen LogP contribution in [0.25, 0.3) is 0 Å². The average Bonchev–Trinajstić information content (AvgIpc) is 1.89. The predicted molar refractivity (Wildman–Crippen MR) is 43.8 cm³/mol. The molecule has 10 heavy (non-hydrogen) atoms. The van der Waals surface area contributed by atoms with Gasteiger partial charge in [-0.2, -0.15) is 0 Å². The third-order valence-electron chi connectivity index (χ3n) is 1.68. The monoisotopic (exact) mass is 145 g/mol. The van der Waals surface area contributed by atoms with Crippen LogP contribution in [-0.4, -0.2) is 17.8 Å². The Morgan fingerprint density at radius 2 is 2.00 bits per heavy atom. The predicted octanol–water partition coefficient (Wildman–Crippen LogP) is 1.28. The second-order valence-electron chi connectivity index (χ2n) is 2.77. The van der Waals surface area contributed by atoms with Crippen molar-refractivity contribution in [2.24, 2.45) is 5.73 Å². The maximum Gasteiger partial charge on any atom is 0.0445 e. The number of nitrogens with two attached hydrogens (primary N) is 1. The Morgan fingerprint density at radius 1 is 1.30 bits per heavy atom. The highest BCUT2D eigenvalue weighted by Gasteiger charge is 1.99. The molecule has 0 aromatic rings. The minimum Gasteiger partial charge on any atom is -0.396 e. The number of aliphatic hydroxyl groups excluding tert-OH is 1. The molecule has 0 saturated heterocycles. The van der Waals surface area contributed by atoms with Gasteiger partial charge in [0.1, 0.15) is 0 Å². The zero-order valence-electron chi connectivity index (χ0n) is 6.84. The first-order chi connectivity index (χ1) is 4.81. The van der Waals surface area contributed by atoms with Crippen LogP contribution < -0.4 is 5.73 Å². The second-order valence-corrected chi connectivity index (χ2v) is 2.77. The van der Waals surface area contributed by atoms with Gasteiger partial charge < -0.3 is 10.8 Å². The van der Waals surface area contributed by atoms with E-state index in [4.69, 9.17) is 10.8 Å². The zero-order valence-corrected chi connectivity index (χ0v) is 6.84. The summed E-state index contributed by atoms with van der Waals surface area (Å²) in [6.07, 6.45) is 5.53. The van der Waals surface area contributed by atoms with Crippen LogP contribution in [-0.2, 0) is 0 Å². The van der Waals surface area contributed by atoms with Crippen LogP contribution in [0, 0.1) is 0 Å². The molecule has 0 aliphatic carbocycles. The third-order valence-corrected chi connectivity index (χ3v) is 1.68. The highest BCUT2D eigenvalue weighted by molar-refractivity contribution is 4.59. The molecule has 0 fully saturated rings. The molecule has 0 rings (SSSR count). The molecule has 1 atom stereocenters. The summed E-state index contributed by atoms with van der Waals surface area (Å²) in [6, 6.07) is 0.219. The molecule has 0 saturated carbocycles. The minimum absolute atomic E-state index is 0.219. The Balaban J connectivity index is 2.97. The highest BCUT2D eigenvalue weighted by Crippen LogP contribution is 2.03. The molecule has 62 valence electrons. The first kappa shape index (κ1) is 9.92. The largest absolute Gasteiger partial charge is 0.396 e. The van der Waals surface area contributed by atoms with Crippen molar-refractivity contribution in [1.29, 1.82) is 0 Å². The quantitative estimate of drug-likeness (QED) is 0.553. The summed E-state index contributed by atoms with van der Waals surface area (Å²) in [6.45, 7) is 2.41. The Morgan fingerprint density at radius 3 is 2.50 bits per heavy atom. The summed E-state index contributed by atoms with van der Waals surface area (Å²) in [5.74, 6) is 0. The Bertz CT molecular complexity index is 66.3. The molecule has 0 aromatic carbocycles. The second kappa shape index (κ2) is 7.03. The normalized spacial score (nSPS) is 13.5. The van der Waals surface area contributed by atoms with Crippen molar-refractivity contribution in [3.05, 3.63) is 0 Å². The van der Waals surface area contributed by atoms with E-state index in [-0.39, 0.29) is 12.6 Å². The van der Waals surface area contributed by atoms with E-state index in [2.05, 4.69) is 6.92 Å². The Hall–Kier alpha value is -0.0800. The molecule has 2 heteroatoms. The fraction of sp³-hybridized carbons (Fsp3) is 1.00. The van der Waals surface area contributed by atoms with Crippen molar-refractivity contribution in [2.75, 3.05) is 6.61 Å². The van der Waals surface area contributed by atoms with Gasteiger partial charge in [-0.25, -0.2) is 0 Å². The highest BCUT2D eigenvalue weighted by atomic mass is 16.3. The smallest absolute Gasteiger partial charge is 0.0445 e. The molecule has 0 amide bonds. The van der Waals surface area contributed by atoms with Crippen molar-refractivity contribution >= 4 is 0 Å². The maximum atomic E-state index is 8.51. The molecule has 0 radical (unpaired) electrons. The van der Waals surface area contributed by atoms with Gasteiger partial charge in [-0.1, -0.05) is 26.2 Å². The molecule has 2 nitrogen and oxygen atoms in total. The van der Waals surface area contributed by atoms with Gasteiger partial charge in [-0.15, -0.1) is 0 Å². The fourth-order valence-electron chi connectivity index (χ4n) is 0.967. The number of rotatable bonds is 6. The van der Waals surface area contributed by atoms with Gasteiger partial charge in [0.25, 0.3) is 0 Å². The summed E-state index contributed by atoms with van der Waals surface area (Å²) >= 11 is 0. The van der Waals surface area contributed by atoms with Crippen molar-refractivity contribution < 1.29 is 5.11 Å². The van der Waals surface area contributed by atoms with Crippen LogP contribution in [0.3, 0.4) is 0 Å². The summed E-state index contributed by atoms with van der Waals surface area (Å²) in [5, 5.41) is 8.51. The number of aliphatic hydroxyl groups is 1. The summed E-state index contributed by atoms with van der Waals surface area (Å²) < 4.78 is 0. The summed E-state index contributed by atoms with van der Waals surface area (Å²) in [5.41, 5.74) is 5.66. The maximum absolute atomic E-state index is 8.51. The van der Waals surface area contributed by atoms with E-state index in [0.29, 0.717) is 0 Å². The molecular formula is C8H19NO. The van der Waals surface area contributed by atoms with Crippen LogP contribution in [0.4, 0.5) is 0 Å². The topological polar surface area (TPSA) is 46.2 Å². The van der Waals surface area contributed by atoms with Gasteiger partial charge >= 0.3 is 0 Å². The molecule has 0 aliphatic heterocycles. The van der Waals surface area contributed by atoms with Crippen molar-refractivity contribution in [1.82, 2.24) is 0 Å². The van der Waals surface area contributed by atoms with Gasteiger partial charge in [0.2, 0.25) is 0 Å². The number of hydrogen-bond acceptors (Lipinski definition) is 2. The molecular weight excluding hydrogens is 126 g/mol. The zero-order chi connectivity index (χ0) is 7.82. The average molecular weight is 145 g/mol.